The highest BCUT2D eigenvalue weighted by molar-refractivity contribution is 5.96. The maximum absolute atomic E-state index is 12.4. The van der Waals surface area contributed by atoms with Gasteiger partial charge in [-0.05, 0) is 12.5 Å². The first-order valence-corrected chi connectivity index (χ1v) is 5.58. The molecule has 4 nitrogen and oxygen atoms in total. The van der Waals surface area contributed by atoms with Crippen molar-refractivity contribution in [2.24, 2.45) is 0 Å². The van der Waals surface area contributed by atoms with E-state index in [-0.39, 0.29) is 30.8 Å². The second kappa shape index (κ2) is 4.91. The summed E-state index contributed by atoms with van der Waals surface area (Å²) in [4.78, 5) is 16.9. The van der Waals surface area contributed by atoms with Crippen LogP contribution in [-0.4, -0.2) is 40.2 Å². The fraction of sp³-hybridized carbons (Fsp3) is 0.333. The highest BCUT2D eigenvalue weighted by Gasteiger charge is 2.35. The SMILES string of the molecule is O=C(c1ccncc1O)N1CC=C(C(F)(F)F)CC1. The molecule has 0 unspecified atom stereocenters. The van der Waals surface area contributed by atoms with E-state index in [2.05, 4.69) is 4.98 Å². The van der Waals surface area contributed by atoms with Crippen molar-refractivity contribution in [2.75, 3.05) is 13.1 Å². The number of alkyl halides is 3. The minimum Gasteiger partial charge on any atom is -0.505 e. The zero-order valence-electron chi connectivity index (χ0n) is 9.81. The van der Waals surface area contributed by atoms with Crippen LogP contribution in [0.3, 0.4) is 0 Å². The van der Waals surface area contributed by atoms with E-state index in [0.717, 1.165) is 12.3 Å². The predicted octanol–water partition coefficient (Wildman–Crippen LogP) is 2.12. The molecular weight excluding hydrogens is 261 g/mol. The number of rotatable bonds is 1. The van der Waals surface area contributed by atoms with Crippen LogP contribution < -0.4 is 0 Å². The molecule has 2 heterocycles. The number of carbonyl (C=O) groups excluding carboxylic acids is 1. The van der Waals surface area contributed by atoms with Crippen LogP contribution in [0.2, 0.25) is 0 Å². The second-order valence-corrected chi connectivity index (χ2v) is 4.12. The zero-order chi connectivity index (χ0) is 14.0. The molecule has 1 aromatic heterocycles. The van der Waals surface area contributed by atoms with Crippen molar-refractivity contribution < 1.29 is 23.1 Å². The molecule has 0 saturated carbocycles. The first-order chi connectivity index (χ1) is 8.89. The predicted molar refractivity (Wildman–Crippen MR) is 60.6 cm³/mol. The fourth-order valence-electron chi connectivity index (χ4n) is 1.85. The van der Waals surface area contributed by atoms with Crippen molar-refractivity contribution in [1.82, 2.24) is 9.88 Å². The van der Waals surface area contributed by atoms with Gasteiger partial charge in [0.1, 0.15) is 5.75 Å². The molecule has 0 spiro atoms. The van der Waals surface area contributed by atoms with Crippen LogP contribution in [0.1, 0.15) is 16.8 Å². The van der Waals surface area contributed by atoms with E-state index >= 15 is 0 Å². The lowest BCUT2D eigenvalue weighted by atomic mass is 10.1. The number of hydrogen-bond acceptors (Lipinski definition) is 3. The van der Waals surface area contributed by atoms with Crippen LogP contribution in [0.25, 0.3) is 0 Å². The molecule has 0 saturated heterocycles. The summed E-state index contributed by atoms with van der Waals surface area (Å²) >= 11 is 0. The Labute approximate surface area is 107 Å². The highest BCUT2D eigenvalue weighted by Crippen LogP contribution is 2.30. The van der Waals surface area contributed by atoms with Crippen LogP contribution >= 0.6 is 0 Å². The normalized spacial score (nSPS) is 16.2. The fourth-order valence-corrected chi connectivity index (χ4v) is 1.85. The minimum atomic E-state index is -4.34. The summed E-state index contributed by atoms with van der Waals surface area (Å²) in [7, 11) is 0. The van der Waals surface area contributed by atoms with Crippen molar-refractivity contribution in [1.29, 1.82) is 0 Å². The third-order valence-electron chi connectivity index (χ3n) is 2.89. The van der Waals surface area contributed by atoms with Crippen molar-refractivity contribution in [3.63, 3.8) is 0 Å². The van der Waals surface area contributed by atoms with Crippen LogP contribution in [0.5, 0.6) is 5.75 Å². The van der Waals surface area contributed by atoms with Gasteiger partial charge in [-0.2, -0.15) is 13.2 Å². The van der Waals surface area contributed by atoms with Gasteiger partial charge < -0.3 is 10.0 Å². The molecular formula is C12H11F3N2O2. The van der Waals surface area contributed by atoms with E-state index < -0.39 is 17.7 Å². The lowest BCUT2D eigenvalue weighted by Crippen LogP contribution is -2.36. The van der Waals surface area contributed by atoms with E-state index in [0.29, 0.717) is 0 Å². The molecule has 0 atom stereocenters. The summed E-state index contributed by atoms with van der Waals surface area (Å²) in [6, 6.07) is 1.33. The number of aromatic hydroxyl groups is 1. The molecule has 7 heteroatoms. The highest BCUT2D eigenvalue weighted by atomic mass is 19.4. The molecule has 1 N–H and O–H groups in total. The smallest absolute Gasteiger partial charge is 0.412 e. The molecule has 1 aliphatic rings. The quantitative estimate of drug-likeness (QED) is 0.797. The van der Waals surface area contributed by atoms with Gasteiger partial charge in [-0.3, -0.25) is 9.78 Å². The molecule has 0 aliphatic carbocycles. The number of carbonyl (C=O) groups is 1. The molecule has 1 amide bonds. The molecule has 2 rings (SSSR count). The Balaban J connectivity index is 2.13. The number of pyridine rings is 1. The summed E-state index contributed by atoms with van der Waals surface area (Å²) in [5.74, 6) is -0.782. The number of aromatic nitrogens is 1. The number of amides is 1. The van der Waals surface area contributed by atoms with Gasteiger partial charge in [0.25, 0.3) is 5.91 Å². The number of halogens is 3. The second-order valence-electron chi connectivity index (χ2n) is 4.12. The first-order valence-electron chi connectivity index (χ1n) is 5.58. The van der Waals surface area contributed by atoms with E-state index in [9.17, 15) is 23.1 Å². The Morgan fingerprint density at radius 3 is 2.68 bits per heavy atom. The molecule has 0 fully saturated rings. The molecule has 0 bridgehead atoms. The van der Waals surface area contributed by atoms with Crippen LogP contribution in [0, 0.1) is 0 Å². The third kappa shape index (κ3) is 2.86. The number of nitrogens with zero attached hydrogens (tertiary/aromatic N) is 2. The lowest BCUT2D eigenvalue weighted by molar-refractivity contribution is -0.0957. The molecule has 1 aliphatic heterocycles. The minimum absolute atomic E-state index is 0.0219. The van der Waals surface area contributed by atoms with Gasteiger partial charge in [-0.1, -0.05) is 6.08 Å². The Kier molecular flexibility index (Phi) is 3.46. The summed E-state index contributed by atoms with van der Waals surface area (Å²) in [6.45, 7) is -0.138. The summed E-state index contributed by atoms with van der Waals surface area (Å²) in [5, 5.41) is 9.49. The van der Waals surface area contributed by atoms with Gasteiger partial charge in [0.2, 0.25) is 0 Å². The molecule has 102 valence electrons. The standard InChI is InChI=1S/C12H11F3N2O2/c13-12(14,15)8-2-5-17(6-3-8)11(19)9-1-4-16-7-10(9)18/h1-2,4,7,18H,3,5-6H2. The summed E-state index contributed by atoms with van der Waals surface area (Å²) in [5.41, 5.74) is -0.575. The van der Waals surface area contributed by atoms with Gasteiger partial charge in [0, 0.05) is 24.9 Å². The maximum atomic E-state index is 12.4. The van der Waals surface area contributed by atoms with Gasteiger partial charge in [0.05, 0.1) is 11.8 Å². The Bertz CT molecular complexity index is 526. The first kappa shape index (κ1) is 13.4. The van der Waals surface area contributed by atoms with Gasteiger partial charge in [-0.25, -0.2) is 0 Å². The maximum Gasteiger partial charge on any atom is 0.412 e. The van der Waals surface area contributed by atoms with Gasteiger partial charge in [-0.15, -0.1) is 0 Å². The zero-order valence-corrected chi connectivity index (χ0v) is 9.81. The third-order valence-corrected chi connectivity index (χ3v) is 2.89. The van der Waals surface area contributed by atoms with E-state index in [4.69, 9.17) is 0 Å². The van der Waals surface area contributed by atoms with Crippen LogP contribution in [-0.2, 0) is 0 Å². The number of hydrogen-bond donors (Lipinski definition) is 1. The van der Waals surface area contributed by atoms with Crippen molar-refractivity contribution in [2.45, 2.75) is 12.6 Å². The monoisotopic (exact) mass is 272 g/mol. The Morgan fingerprint density at radius 2 is 2.16 bits per heavy atom. The van der Waals surface area contributed by atoms with Crippen LogP contribution in [0.4, 0.5) is 13.2 Å². The topological polar surface area (TPSA) is 53.4 Å². The van der Waals surface area contributed by atoms with Crippen molar-refractivity contribution in [3.8, 4) is 5.75 Å². The van der Waals surface area contributed by atoms with E-state index in [1.807, 2.05) is 0 Å². The Hall–Kier alpha value is -2.05. The average Bonchev–Trinajstić information content (AvgIpc) is 2.38. The molecule has 1 aromatic rings. The summed E-state index contributed by atoms with van der Waals surface area (Å²) in [6.07, 6.45) is -1.11. The Morgan fingerprint density at radius 1 is 1.42 bits per heavy atom. The molecule has 0 radical (unpaired) electrons. The van der Waals surface area contributed by atoms with Gasteiger partial charge >= 0.3 is 6.18 Å². The van der Waals surface area contributed by atoms with Gasteiger partial charge in [0.15, 0.2) is 0 Å². The lowest BCUT2D eigenvalue weighted by Gasteiger charge is -2.27. The average molecular weight is 272 g/mol. The van der Waals surface area contributed by atoms with E-state index in [1.165, 1.54) is 17.2 Å². The van der Waals surface area contributed by atoms with Crippen molar-refractivity contribution >= 4 is 5.91 Å². The van der Waals surface area contributed by atoms with Crippen LogP contribution in [0.15, 0.2) is 30.1 Å². The molecule has 0 aromatic carbocycles. The molecule has 19 heavy (non-hydrogen) atoms. The largest absolute Gasteiger partial charge is 0.505 e. The summed E-state index contributed by atoms with van der Waals surface area (Å²) < 4.78 is 37.3. The van der Waals surface area contributed by atoms with Crippen molar-refractivity contribution in [3.05, 3.63) is 35.7 Å². The van der Waals surface area contributed by atoms with E-state index in [1.54, 1.807) is 0 Å².